The molecule has 0 spiro atoms. The van der Waals surface area contributed by atoms with Gasteiger partial charge in [0, 0.05) is 53.1 Å². The number of phenolic OH excluding ortho intramolecular Hbond substituents is 1. The van der Waals surface area contributed by atoms with Crippen molar-refractivity contribution in [2.45, 2.75) is 56.7 Å². The molecule has 2 bridgehead atoms. The van der Waals surface area contributed by atoms with Crippen LogP contribution >= 0.6 is 0 Å². The molecule has 0 saturated carbocycles. The topological polar surface area (TPSA) is 90.0 Å². The standard InChI is InChI=1S/C23H26F2N6O/c1-22-4-5-23(2,30-22)10-14(9-22)31(3)20-8-18(25)21(29-28-20)16-6-17(24)15(7-19(16)32)13-11-26-27-12-13/h6-8,11-12,14,30,32H,4-5,9-10H2,1-3H3,(H,26,27)/t14?,22-,23+. The lowest BCUT2D eigenvalue weighted by Gasteiger charge is -2.45. The van der Waals surface area contributed by atoms with Crippen LogP contribution in [0.25, 0.3) is 22.4 Å². The molecule has 2 saturated heterocycles. The Morgan fingerprint density at radius 3 is 2.38 bits per heavy atom. The lowest BCUT2D eigenvalue weighted by Crippen LogP contribution is -2.58. The summed E-state index contributed by atoms with van der Waals surface area (Å²) in [6.07, 6.45) is 7.06. The van der Waals surface area contributed by atoms with E-state index in [0.29, 0.717) is 11.4 Å². The number of anilines is 1. The number of rotatable bonds is 4. The van der Waals surface area contributed by atoms with Gasteiger partial charge in [0.15, 0.2) is 11.6 Å². The van der Waals surface area contributed by atoms with Crippen molar-refractivity contribution in [2.24, 2.45) is 0 Å². The molecule has 1 aromatic carbocycles. The summed E-state index contributed by atoms with van der Waals surface area (Å²) in [4.78, 5) is 1.98. The molecule has 2 aliphatic heterocycles. The molecular formula is C23H26F2N6O. The Hall–Kier alpha value is -3.07. The van der Waals surface area contributed by atoms with Gasteiger partial charge in [0.05, 0.1) is 6.20 Å². The fourth-order valence-electron chi connectivity index (χ4n) is 5.37. The molecule has 5 rings (SSSR count). The van der Waals surface area contributed by atoms with Gasteiger partial charge in [-0.15, -0.1) is 10.2 Å². The first-order valence-electron chi connectivity index (χ1n) is 10.7. The Bertz CT molecular complexity index is 1150. The van der Waals surface area contributed by atoms with Crippen LogP contribution in [0.4, 0.5) is 14.6 Å². The van der Waals surface area contributed by atoms with Crippen molar-refractivity contribution in [3.8, 4) is 28.1 Å². The van der Waals surface area contributed by atoms with Gasteiger partial charge in [-0.05, 0) is 51.7 Å². The first-order valence-corrected chi connectivity index (χ1v) is 10.7. The van der Waals surface area contributed by atoms with E-state index in [-0.39, 0.29) is 39.7 Å². The highest BCUT2D eigenvalue weighted by Gasteiger charge is 2.49. The highest BCUT2D eigenvalue weighted by atomic mass is 19.1. The van der Waals surface area contributed by atoms with Crippen molar-refractivity contribution in [2.75, 3.05) is 11.9 Å². The van der Waals surface area contributed by atoms with Gasteiger partial charge in [0.25, 0.3) is 0 Å². The summed E-state index contributed by atoms with van der Waals surface area (Å²) >= 11 is 0. The van der Waals surface area contributed by atoms with E-state index >= 15 is 4.39 Å². The third kappa shape index (κ3) is 3.50. The number of benzene rings is 1. The van der Waals surface area contributed by atoms with E-state index in [1.54, 1.807) is 0 Å². The molecule has 4 heterocycles. The second-order valence-corrected chi connectivity index (χ2v) is 9.65. The lowest BCUT2D eigenvalue weighted by atomic mass is 9.84. The second-order valence-electron chi connectivity index (χ2n) is 9.65. The van der Waals surface area contributed by atoms with Crippen LogP contribution in [0, 0.1) is 11.6 Å². The summed E-state index contributed by atoms with van der Waals surface area (Å²) < 4.78 is 29.8. The minimum atomic E-state index is -0.665. The normalized spacial score (nSPS) is 27.0. The highest BCUT2D eigenvalue weighted by Crippen LogP contribution is 2.44. The largest absolute Gasteiger partial charge is 0.507 e. The summed E-state index contributed by atoms with van der Waals surface area (Å²) in [7, 11) is 1.90. The zero-order valence-electron chi connectivity index (χ0n) is 18.3. The van der Waals surface area contributed by atoms with Crippen LogP contribution in [0.3, 0.4) is 0 Å². The zero-order valence-corrected chi connectivity index (χ0v) is 18.3. The van der Waals surface area contributed by atoms with Crippen molar-refractivity contribution >= 4 is 5.82 Å². The third-order valence-corrected chi connectivity index (χ3v) is 7.00. The monoisotopic (exact) mass is 440 g/mol. The maximum Gasteiger partial charge on any atom is 0.155 e. The van der Waals surface area contributed by atoms with Gasteiger partial charge in [0.1, 0.15) is 17.3 Å². The molecule has 1 unspecified atom stereocenters. The summed E-state index contributed by atoms with van der Waals surface area (Å²) in [5, 5.41) is 28.8. The Labute approximate surface area is 184 Å². The predicted octanol–water partition coefficient (Wildman–Crippen LogP) is 4.02. The lowest BCUT2D eigenvalue weighted by molar-refractivity contribution is 0.207. The minimum absolute atomic E-state index is 0.0473. The van der Waals surface area contributed by atoms with Crippen LogP contribution in [0.15, 0.2) is 30.6 Å². The molecule has 0 radical (unpaired) electrons. The van der Waals surface area contributed by atoms with Crippen LogP contribution in [-0.4, -0.2) is 49.7 Å². The molecule has 3 aromatic rings. The van der Waals surface area contributed by atoms with Crippen LogP contribution in [0.5, 0.6) is 5.75 Å². The van der Waals surface area contributed by atoms with E-state index in [1.807, 2.05) is 11.9 Å². The van der Waals surface area contributed by atoms with E-state index in [9.17, 15) is 9.50 Å². The van der Waals surface area contributed by atoms with Gasteiger partial charge in [-0.25, -0.2) is 8.78 Å². The molecule has 32 heavy (non-hydrogen) atoms. The van der Waals surface area contributed by atoms with E-state index in [1.165, 1.54) is 24.5 Å². The number of fused-ring (bicyclic) bond motifs is 2. The average molecular weight is 440 g/mol. The molecule has 2 aromatic heterocycles. The fourth-order valence-corrected chi connectivity index (χ4v) is 5.37. The Morgan fingerprint density at radius 1 is 1.03 bits per heavy atom. The summed E-state index contributed by atoms with van der Waals surface area (Å²) in [6, 6.07) is 3.81. The number of hydrogen-bond donors (Lipinski definition) is 3. The number of hydrogen-bond acceptors (Lipinski definition) is 6. The SMILES string of the molecule is CN(c1cc(F)c(-c2cc(F)c(-c3cn[nH]c3)cc2O)nn1)C1C[C@]2(C)CC[C@](C)(C1)N2. The molecule has 168 valence electrons. The number of aromatic amines is 1. The van der Waals surface area contributed by atoms with Gasteiger partial charge >= 0.3 is 0 Å². The van der Waals surface area contributed by atoms with E-state index in [0.717, 1.165) is 31.7 Å². The van der Waals surface area contributed by atoms with Gasteiger partial charge in [-0.2, -0.15) is 5.10 Å². The van der Waals surface area contributed by atoms with E-state index < -0.39 is 11.6 Å². The molecule has 0 aliphatic carbocycles. The second kappa shape index (κ2) is 7.23. The van der Waals surface area contributed by atoms with Gasteiger partial charge in [-0.1, -0.05) is 0 Å². The predicted molar refractivity (Wildman–Crippen MR) is 117 cm³/mol. The number of nitrogens with one attached hydrogen (secondary N) is 2. The maximum atomic E-state index is 15.1. The first kappa shape index (κ1) is 20.8. The summed E-state index contributed by atoms with van der Waals surface area (Å²) in [5.74, 6) is -1.15. The molecule has 3 N–H and O–H groups in total. The average Bonchev–Trinajstić information content (AvgIpc) is 3.34. The van der Waals surface area contributed by atoms with Crippen molar-refractivity contribution < 1.29 is 13.9 Å². The number of nitrogens with zero attached hydrogens (tertiary/aromatic N) is 4. The van der Waals surface area contributed by atoms with Crippen LogP contribution in [0.1, 0.15) is 39.5 Å². The molecular weight excluding hydrogens is 414 g/mol. The molecule has 3 atom stereocenters. The summed E-state index contributed by atoms with van der Waals surface area (Å²) in [5.41, 5.74) is 0.532. The smallest absolute Gasteiger partial charge is 0.155 e. The third-order valence-electron chi connectivity index (χ3n) is 7.00. The molecule has 9 heteroatoms. The Kier molecular flexibility index (Phi) is 4.70. The van der Waals surface area contributed by atoms with E-state index in [2.05, 4.69) is 39.6 Å². The Balaban J connectivity index is 1.43. The molecule has 2 fully saturated rings. The highest BCUT2D eigenvalue weighted by molar-refractivity contribution is 5.74. The number of H-pyrrole nitrogens is 1. The number of piperidine rings is 1. The van der Waals surface area contributed by atoms with Crippen LogP contribution < -0.4 is 10.2 Å². The number of aromatic hydroxyl groups is 1. The molecule has 2 aliphatic rings. The zero-order chi connectivity index (χ0) is 22.7. The van der Waals surface area contributed by atoms with Crippen LogP contribution in [0.2, 0.25) is 0 Å². The first-order chi connectivity index (χ1) is 15.2. The van der Waals surface area contributed by atoms with Crippen molar-refractivity contribution in [3.05, 3.63) is 42.2 Å². The van der Waals surface area contributed by atoms with Gasteiger partial charge in [-0.3, -0.25) is 5.10 Å². The molecule has 7 nitrogen and oxygen atoms in total. The van der Waals surface area contributed by atoms with Gasteiger partial charge < -0.3 is 15.3 Å². The van der Waals surface area contributed by atoms with Gasteiger partial charge in [0.2, 0.25) is 0 Å². The maximum absolute atomic E-state index is 15.1. The Morgan fingerprint density at radius 2 is 1.75 bits per heavy atom. The van der Waals surface area contributed by atoms with Crippen molar-refractivity contribution in [3.63, 3.8) is 0 Å². The van der Waals surface area contributed by atoms with Crippen LogP contribution in [-0.2, 0) is 0 Å². The molecule has 0 amide bonds. The number of phenols is 1. The number of aromatic nitrogens is 4. The van der Waals surface area contributed by atoms with Crippen molar-refractivity contribution in [1.29, 1.82) is 0 Å². The minimum Gasteiger partial charge on any atom is -0.507 e. The quantitative estimate of drug-likeness (QED) is 0.568. The number of halogens is 2. The fraction of sp³-hybridized carbons (Fsp3) is 0.435. The summed E-state index contributed by atoms with van der Waals surface area (Å²) in [6.45, 7) is 4.47. The van der Waals surface area contributed by atoms with E-state index in [4.69, 9.17) is 0 Å². The van der Waals surface area contributed by atoms with Crippen molar-refractivity contribution in [1.82, 2.24) is 25.7 Å².